The second kappa shape index (κ2) is 10.4. The number of carbonyl (C=O) groups is 2. The minimum absolute atomic E-state index is 0.165. The summed E-state index contributed by atoms with van der Waals surface area (Å²) in [6.07, 6.45) is 2.80. The van der Waals surface area contributed by atoms with E-state index >= 15 is 0 Å². The van der Waals surface area contributed by atoms with Gasteiger partial charge in [-0.25, -0.2) is 4.79 Å². The van der Waals surface area contributed by atoms with Gasteiger partial charge in [0.25, 0.3) is 5.91 Å². The Morgan fingerprint density at radius 2 is 2.00 bits per heavy atom. The standard InChI is InChI=1S/C17H23N3O3/c1-23-17(22)15-8-7-14(12-13(15)6-5-10-19)16(21)20-11-4-2-3-9-18/h7-8,12H,2-4,9-11,18-19H2,1H3,(H,20,21). The molecule has 1 aromatic rings. The molecule has 0 radical (unpaired) electrons. The van der Waals surface area contributed by atoms with Crippen LogP contribution in [0.2, 0.25) is 0 Å². The van der Waals surface area contributed by atoms with Gasteiger partial charge in [-0.2, -0.15) is 0 Å². The Kier molecular flexibility index (Phi) is 8.43. The van der Waals surface area contributed by atoms with Crippen molar-refractivity contribution in [2.24, 2.45) is 11.5 Å². The van der Waals surface area contributed by atoms with Crippen molar-refractivity contribution in [3.05, 3.63) is 34.9 Å². The second-order valence-electron chi connectivity index (χ2n) is 4.86. The van der Waals surface area contributed by atoms with Crippen LogP contribution in [0, 0.1) is 11.8 Å². The fourth-order valence-corrected chi connectivity index (χ4v) is 1.97. The highest BCUT2D eigenvalue weighted by atomic mass is 16.5. The molecule has 0 aromatic heterocycles. The summed E-state index contributed by atoms with van der Waals surface area (Å²) >= 11 is 0. The summed E-state index contributed by atoms with van der Waals surface area (Å²) in [6, 6.07) is 4.69. The first-order valence-electron chi connectivity index (χ1n) is 7.53. The molecule has 6 nitrogen and oxygen atoms in total. The van der Waals surface area contributed by atoms with Gasteiger partial charge < -0.3 is 21.5 Å². The number of nitrogens with two attached hydrogens (primary N) is 2. The van der Waals surface area contributed by atoms with Crippen LogP contribution in [0.5, 0.6) is 0 Å². The highest BCUT2D eigenvalue weighted by molar-refractivity contribution is 5.98. The molecular weight excluding hydrogens is 294 g/mol. The van der Waals surface area contributed by atoms with Gasteiger partial charge in [0, 0.05) is 17.7 Å². The first-order valence-corrected chi connectivity index (χ1v) is 7.53. The molecule has 0 unspecified atom stereocenters. The van der Waals surface area contributed by atoms with Gasteiger partial charge in [-0.15, -0.1) is 0 Å². The molecule has 0 bridgehead atoms. The number of amides is 1. The molecule has 0 saturated heterocycles. The molecule has 1 amide bonds. The molecule has 0 aliphatic heterocycles. The lowest BCUT2D eigenvalue weighted by Crippen LogP contribution is -2.24. The Labute approximate surface area is 136 Å². The van der Waals surface area contributed by atoms with Crippen molar-refractivity contribution in [3.8, 4) is 11.8 Å². The average molecular weight is 317 g/mol. The number of rotatable bonds is 7. The van der Waals surface area contributed by atoms with Crippen molar-refractivity contribution in [2.75, 3.05) is 26.7 Å². The summed E-state index contributed by atoms with van der Waals surface area (Å²) in [5.74, 6) is 4.78. The largest absolute Gasteiger partial charge is 0.465 e. The van der Waals surface area contributed by atoms with Gasteiger partial charge in [0.05, 0.1) is 19.2 Å². The lowest BCUT2D eigenvalue weighted by Gasteiger charge is -2.08. The zero-order valence-corrected chi connectivity index (χ0v) is 13.4. The van der Waals surface area contributed by atoms with E-state index in [0.717, 1.165) is 19.3 Å². The minimum Gasteiger partial charge on any atom is -0.465 e. The van der Waals surface area contributed by atoms with E-state index in [1.165, 1.54) is 13.2 Å². The fraction of sp³-hybridized carbons (Fsp3) is 0.412. The van der Waals surface area contributed by atoms with E-state index in [1.807, 2.05) is 0 Å². The van der Waals surface area contributed by atoms with Gasteiger partial charge in [-0.1, -0.05) is 18.3 Å². The van der Waals surface area contributed by atoms with Gasteiger partial charge >= 0.3 is 5.97 Å². The van der Waals surface area contributed by atoms with E-state index in [2.05, 4.69) is 17.2 Å². The highest BCUT2D eigenvalue weighted by Crippen LogP contribution is 2.13. The normalized spacial score (nSPS) is 9.70. The van der Waals surface area contributed by atoms with Gasteiger partial charge in [0.15, 0.2) is 0 Å². The molecule has 0 saturated carbocycles. The van der Waals surface area contributed by atoms with E-state index in [0.29, 0.717) is 29.8 Å². The molecule has 23 heavy (non-hydrogen) atoms. The van der Waals surface area contributed by atoms with E-state index in [1.54, 1.807) is 12.1 Å². The molecule has 124 valence electrons. The van der Waals surface area contributed by atoms with Crippen molar-refractivity contribution in [1.29, 1.82) is 0 Å². The number of hydrogen-bond acceptors (Lipinski definition) is 5. The molecule has 5 N–H and O–H groups in total. The van der Waals surface area contributed by atoms with Gasteiger partial charge in [-0.3, -0.25) is 4.79 Å². The Balaban J connectivity index is 2.83. The fourth-order valence-electron chi connectivity index (χ4n) is 1.97. The minimum atomic E-state index is -0.500. The van der Waals surface area contributed by atoms with Crippen LogP contribution in [0.1, 0.15) is 45.5 Å². The Morgan fingerprint density at radius 3 is 2.65 bits per heavy atom. The topological polar surface area (TPSA) is 107 Å². The third kappa shape index (κ3) is 6.10. The maximum atomic E-state index is 12.1. The molecule has 1 rings (SSSR count). The van der Waals surface area contributed by atoms with Crippen LogP contribution in [0.25, 0.3) is 0 Å². The molecule has 0 fully saturated rings. The van der Waals surface area contributed by atoms with Crippen LogP contribution >= 0.6 is 0 Å². The van der Waals surface area contributed by atoms with Crippen LogP contribution in [-0.2, 0) is 4.74 Å². The van der Waals surface area contributed by atoms with Crippen LogP contribution in [0.3, 0.4) is 0 Å². The predicted octanol–water partition coefficient (Wildman–Crippen LogP) is 0.642. The van der Waals surface area contributed by atoms with Gasteiger partial charge in [0.1, 0.15) is 0 Å². The number of carbonyl (C=O) groups excluding carboxylic acids is 2. The zero-order chi connectivity index (χ0) is 17.1. The third-order valence-corrected chi connectivity index (χ3v) is 3.18. The Hall–Kier alpha value is -2.36. The Bertz CT molecular complexity index is 603. The lowest BCUT2D eigenvalue weighted by atomic mass is 10.0. The van der Waals surface area contributed by atoms with E-state index < -0.39 is 5.97 Å². The summed E-state index contributed by atoms with van der Waals surface area (Å²) in [7, 11) is 1.30. The molecule has 0 aliphatic rings. The Morgan fingerprint density at radius 1 is 1.22 bits per heavy atom. The quantitative estimate of drug-likeness (QED) is 0.389. The first-order chi connectivity index (χ1) is 11.1. The predicted molar refractivity (Wildman–Crippen MR) is 89.0 cm³/mol. The molecular formula is C17H23N3O3. The van der Waals surface area contributed by atoms with Crippen molar-refractivity contribution in [2.45, 2.75) is 19.3 Å². The third-order valence-electron chi connectivity index (χ3n) is 3.18. The SMILES string of the molecule is COC(=O)c1ccc(C(=O)NCCCCCN)cc1C#CCN. The monoisotopic (exact) mass is 317 g/mol. The maximum Gasteiger partial charge on any atom is 0.339 e. The number of hydrogen-bond donors (Lipinski definition) is 3. The van der Waals surface area contributed by atoms with Crippen LogP contribution in [-0.4, -0.2) is 38.6 Å². The lowest BCUT2D eigenvalue weighted by molar-refractivity contribution is 0.0600. The van der Waals surface area contributed by atoms with Crippen LogP contribution < -0.4 is 16.8 Å². The van der Waals surface area contributed by atoms with E-state index in [9.17, 15) is 9.59 Å². The van der Waals surface area contributed by atoms with Gasteiger partial charge in [-0.05, 0) is 37.6 Å². The number of nitrogens with one attached hydrogen (secondary N) is 1. The number of ether oxygens (including phenoxy) is 1. The molecule has 0 aliphatic carbocycles. The number of esters is 1. The maximum absolute atomic E-state index is 12.1. The van der Waals surface area contributed by atoms with Crippen molar-refractivity contribution in [1.82, 2.24) is 5.32 Å². The first kappa shape index (κ1) is 18.7. The summed E-state index contributed by atoms with van der Waals surface area (Å²) in [6.45, 7) is 1.41. The van der Waals surface area contributed by atoms with E-state index in [-0.39, 0.29) is 12.5 Å². The van der Waals surface area contributed by atoms with Crippen molar-refractivity contribution >= 4 is 11.9 Å². The van der Waals surface area contributed by atoms with Crippen molar-refractivity contribution < 1.29 is 14.3 Å². The summed E-state index contributed by atoms with van der Waals surface area (Å²) in [4.78, 5) is 23.8. The smallest absolute Gasteiger partial charge is 0.339 e. The molecule has 0 atom stereocenters. The highest BCUT2D eigenvalue weighted by Gasteiger charge is 2.14. The number of unbranched alkanes of at least 4 members (excludes halogenated alkanes) is 2. The summed E-state index contributed by atoms with van der Waals surface area (Å²) < 4.78 is 4.71. The summed E-state index contributed by atoms with van der Waals surface area (Å²) in [5, 5.41) is 2.84. The van der Waals surface area contributed by atoms with Crippen LogP contribution in [0.4, 0.5) is 0 Å². The molecule has 1 aromatic carbocycles. The zero-order valence-electron chi connectivity index (χ0n) is 13.4. The van der Waals surface area contributed by atoms with Gasteiger partial charge in [0.2, 0.25) is 0 Å². The number of benzene rings is 1. The number of methoxy groups -OCH3 is 1. The molecule has 6 heteroatoms. The van der Waals surface area contributed by atoms with Crippen molar-refractivity contribution in [3.63, 3.8) is 0 Å². The molecule has 0 spiro atoms. The van der Waals surface area contributed by atoms with Crippen LogP contribution in [0.15, 0.2) is 18.2 Å². The second-order valence-corrected chi connectivity index (χ2v) is 4.86. The summed E-state index contributed by atoms with van der Waals surface area (Å²) in [5.41, 5.74) is 12.0. The average Bonchev–Trinajstić information content (AvgIpc) is 2.58. The van der Waals surface area contributed by atoms with E-state index in [4.69, 9.17) is 16.2 Å². The molecule has 0 heterocycles.